The van der Waals surface area contributed by atoms with Crippen LogP contribution in [0.25, 0.3) is 0 Å². The van der Waals surface area contributed by atoms with E-state index in [9.17, 15) is 4.79 Å². The molecule has 1 amide bonds. The third kappa shape index (κ3) is 5.07. The van der Waals surface area contributed by atoms with Gasteiger partial charge in [-0.1, -0.05) is 51.1 Å². The van der Waals surface area contributed by atoms with Gasteiger partial charge in [0.05, 0.1) is 5.60 Å². The van der Waals surface area contributed by atoms with Crippen molar-refractivity contribution in [3.63, 3.8) is 0 Å². The van der Waals surface area contributed by atoms with Gasteiger partial charge in [0, 0.05) is 26.6 Å². The molecular formula is C22H35NO2. The number of hydrogen-bond donors (Lipinski definition) is 0. The number of hydrogen-bond acceptors (Lipinski definition) is 2. The number of benzene rings is 1. The molecule has 1 aromatic carbocycles. The molecule has 25 heavy (non-hydrogen) atoms. The Morgan fingerprint density at radius 3 is 2.52 bits per heavy atom. The molecule has 3 nitrogen and oxygen atoms in total. The highest BCUT2D eigenvalue weighted by Crippen LogP contribution is 2.48. The van der Waals surface area contributed by atoms with E-state index >= 15 is 0 Å². The molecule has 1 heterocycles. The van der Waals surface area contributed by atoms with Crippen LogP contribution in [0.15, 0.2) is 30.3 Å². The maximum absolute atomic E-state index is 12.2. The quantitative estimate of drug-likeness (QED) is 0.692. The van der Waals surface area contributed by atoms with Gasteiger partial charge in [0.2, 0.25) is 5.91 Å². The summed E-state index contributed by atoms with van der Waals surface area (Å²) in [5.41, 5.74) is 1.43. The second-order valence-electron chi connectivity index (χ2n) is 8.27. The van der Waals surface area contributed by atoms with E-state index in [-0.39, 0.29) is 16.9 Å². The lowest BCUT2D eigenvalue weighted by Gasteiger charge is -2.49. The molecule has 1 aliphatic rings. The zero-order chi connectivity index (χ0) is 18.5. The number of rotatable bonds is 7. The van der Waals surface area contributed by atoms with Gasteiger partial charge in [0.1, 0.15) is 0 Å². The first-order valence-corrected chi connectivity index (χ1v) is 9.74. The Hall–Kier alpha value is -1.35. The molecule has 3 heteroatoms. The molecule has 2 rings (SSSR count). The van der Waals surface area contributed by atoms with Crippen molar-refractivity contribution in [2.45, 2.75) is 72.4 Å². The Morgan fingerprint density at radius 2 is 1.96 bits per heavy atom. The lowest BCUT2D eigenvalue weighted by atomic mass is 9.64. The summed E-state index contributed by atoms with van der Waals surface area (Å²) in [5.74, 6) is 0.751. The summed E-state index contributed by atoms with van der Waals surface area (Å²) in [5, 5.41) is 0. The van der Waals surface area contributed by atoms with Gasteiger partial charge in [-0.15, -0.1) is 0 Å². The average Bonchev–Trinajstić information content (AvgIpc) is 2.59. The highest BCUT2D eigenvalue weighted by molar-refractivity contribution is 5.73. The maximum atomic E-state index is 12.2. The van der Waals surface area contributed by atoms with Crippen molar-refractivity contribution in [1.29, 1.82) is 0 Å². The van der Waals surface area contributed by atoms with Crippen molar-refractivity contribution in [1.82, 2.24) is 4.90 Å². The van der Waals surface area contributed by atoms with Crippen LogP contribution in [-0.2, 0) is 16.1 Å². The molecule has 2 atom stereocenters. The zero-order valence-corrected chi connectivity index (χ0v) is 16.7. The van der Waals surface area contributed by atoms with Crippen LogP contribution in [0.1, 0.15) is 65.9 Å². The summed E-state index contributed by atoms with van der Waals surface area (Å²) in [6, 6.07) is 10.3. The van der Waals surface area contributed by atoms with Crippen LogP contribution >= 0.6 is 0 Å². The summed E-state index contributed by atoms with van der Waals surface area (Å²) in [6.45, 7) is 13.2. The van der Waals surface area contributed by atoms with Gasteiger partial charge in [-0.25, -0.2) is 0 Å². The molecule has 0 aromatic heterocycles. The maximum Gasteiger partial charge on any atom is 0.219 e. The first-order valence-electron chi connectivity index (χ1n) is 9.74. The molecule has 0 saturated carbocycles. The van der Waals surface area contributed by atoms with E-state index in [0.29, 0.717) is 12.5 Å². The SMILES string of the molecule is CCC1(C)CC(CCN(Cc2ccccc2)C(C)=O)(C(C)C)CCO1. The minimum absolute atomic E-state index is 0.0248. The minimum atomic E-state index is -0.0248. The Kier molecular flexibility index (Phi) is 6.67. The van der Waals surface area contributed by atoms with Crippen LogP contribution in [-0.4, -0.2) is 29.6 Å². The smallest absolute Gasteiger partial charge is 0.219 e. The van der Waals surface area contributed by atoms with Crippen LogP contribution < -0.4 is 0 Å². The van der Waals surface area contributed by atoms with Gasteiger partial charge in [-0.2, -0.15) is 0 Å². The molecular weight excluding hydrogens is 310 g/mol. The van der Waals surface area contributed by atoms with Crippen molar-refractivity contribution in [2.24, 2.45) is 11.3 Å². The Bertz CT molecular complexity index is 556. The van der Waals surface area contributed by atoms with Gasteiger partial charge in [0.25, 0.3) is 0 Å². The number of amides is 1. The predicted octanol–water partition coefficient (Wildman–Crippen LogP) is 5.05. The van der Waals surface area contributed by atoms with E-state index in [0.717, 1.165) is 38.8 Å². The third-order valence-corrected chi connectivity index (χ3v) is 6.29. The van der Waals surface area contributed by atoms with Crippen molar-refractivity contribution < 1.29 is 9.53 Å². The highest BCUT2D eigenvalue weighted by atomic mass is 16.5. The van der Waals surface area contributed by atoms with Gasteiger partial charge in [-0.05, 0) is 49.5 Å². The first-order chi connectivity index (χ1) is 11.8. The monoisotopic (exact) mass is 345 g/mol. The van der Waals surface area contributed by atoms with Gasteiger partial charge >= 0.3 is 0 Å². The molecule has 0 N–H and O–H groups in total. The molecule has 140 valence electrons. The predicted molar refractivity (Wildman–Crippen MR) is 103 cm³/mol. The second-order valence-corrected chi connectivity index (χ2v) is 8.27. The molecule has 1 fully saturated rings. The molecule has 2 unspecified atom stereocenters. The number of ether oxygens (including phenoxy) is 1. The van der Waals surface area contributed by atoms with Crippen LogP contribution in [0.2, 0.25) is 0 Å². The normalized spacial score (nSPS) is 26.6. The fourth-order valence-corrected chi connectivity index (χ4v) is 4.12. The lowest BCUT2D eigenvalue weighted by Crippen LogP contribution is -2.47. The van der Waals surface area contributed by atoms with E-state index < -0.39 is 0 Å². The zero-order valence-electron chi connectivity index (χ0n) is 16.7. The molecule has 0 radical (unpaired) electrons. The van der Waals surface area contributed by atoms with E-state index in [1.165, 1.54) is 5.56 Å². The fraction of sp³-hybridized carbons (Fsp3) is 0.682. The summed E-state index contributed by atoms with van der Waals surface area (Å²) in [4.78, 5) is 14.2. The highest BCUT2D eigenvalue weighted by Gasteiger charge is 2.44. The topological polar surface area (TPSA) is 29.5 Å². The molecule has 0 bridgehead atoms. The summed E-state index contributed by atoms with van der Waals surface area (Å²) >= 11 is 0. The van der Waals surface area contributed by atoms with Gasteiger partial charge in [0.15, 0.2) is 0 Å². The van der Waals surface area contributed by atoms with Crippen molar-refractivity contribution in [3.8, 4) is 0 Å². The Labute approximate surface area is 153 Å². The van der Waals surface area contributed by atoms with Crippen LogP contribution in [0, 0.1) is 11.3 Å². The number of carbonyl (C=O) groups excluding carboxylic acids is 1. The Morgan fingerprint density at radius 1 is 1.28 bits per heavy atom. The molecule has 1 aliphatic heterocycles. The van der Waals surface area contributed by atoms with E-state index in [1.807, 2.05) is 23.1 Å². The van der Waals surface area contributed by atoms with Crippen molar-refractivity contribution in [2.75, 3.05) is 13.2 Å². The van der Waals surface area contributed by atoms with Crippen LogP contribution in [0.4, 0.5) is 0 Å². The molecule has 0 spiro atoms. The van der Waals surface area contributed by atoms with Gasteiger partial charge < -0.3 is 9.64 Å². The fourth-order valence-electron chi connectivity index (χ4n) is 4.12. The molecule has 0 aliphatic carbocycles. The largest absolute Gasteiger partial charge is 0.375 e. The van der Waals surface area contributed by atoms with E-state index in [4.69, 9.17) is 4.74 Å². The average molecular weight is 346 g/mol. The summed E-state index contributed by atoms with van der Waals surface area (Å²) < 4.78 is 6.09. The lowest BCUT2D eigenvalue weighted by molar-refractivity contribution is -0.139. The van der Waals surface area contributed by atoms with Gasteiger partial charge in [-0.3, -0.25) is 4.79 Å². The number of nitrogens with zero attached hydrogens (tertiary/aromatic N) is 1. The molecule has 1 aromatic rings. The molecule has 1 saturated heterocycles. The summed E-state index contributed by atoms with van der Waals surface area (Å²) in [6.07, 6.45) is 4.28. The third-order valence-electron chi connectivity index (χ3n) is 6.29. The van der Waals surface area contributed by atoms with Crippen molar-refractivity contribution >= 4 is 5.91 Å². The standard InChI is InChI=1S/C22H35NO2/c1-6-21(5)17-22(18(2)3,13-15-25-21)12-14-23(19(4)24)16-20-10-8-7-9-11-20/h7-11,18H,6,12-17H2,1-5H3. The van der Waals surface area contributed by atoms with E-state index in [1.54, 1.807) is 6.92 Å². The first kappa shape index (κ1) is 20.0. The van der Waals surface area contributed by atoms with Crippen molar-refractivity contribution in [3.05, 3.63) is 35.9 Å². The Balaban J connectivity index is 2.09. The van der Waals surface area contributed by atoms with E-state index in [2.05, 4.69) is 39.8 Å². The minimum Gasteiger partial charge on any atom is -0.375 e. The number of carbonyl (C=O) groups is 1. The summed E-state index contributed by atoms with van der Waals surface area (Å²) in [7, 11) is 0. The second kappa shape index (κ2) is 8.35. The van der Waals surface area contributed by atoms with Crippen LogP contribution in [0.5, 0.6) is 0 Å². The van der Waals surface area contributed by atoms with Crippen LogP contribution in [0.3, 0.4) is 0 Å².